The summed E-state index contributed by atoms with van der Waals surface area (Å²) in [7, 11) is 4.59. The predicted molar refractivity (Wildman–Crippen MR) is 81.0 cm³/mol. The van der Waals surface area contributed by atoms with E-state index < -0.39 is 5.41 Å². The third kappa shape index (κ3) is 10.2. The molecule has 0 spiro atoms. The van der Waals surface area contributed by atoms with Gasteiger partial charge in [0.1, 0.15) is 18.9 Å². The van der Waals surface area contributed by atoms with E-state index in [9.17, 15) is 19.2 Å². The first-order valence-corrected chi connectivity index (χ1v) is 7.12. The fourth-order valence-electron chi connectivity index (χ4n) is 1.29. The lowest BCUT2D eigenvalue weighted by atomic mass is 9.71. The molecule has 1 rings (SSSR count). The number of methoxy groups -OCH3 is 1. The molecule has 0 atom stereocenters. The Morgan fingerprint density at radius 1 is 1.18 bits per heavy atom. The summed E-state index contributed by atoms with van der Waals surface area (Å²) in [6.07, 6.45) is 5.27. The van der Waals surface area contributed by atoms with Gasteiger partial charge >= 0.3 is 0 Å². The Labute approximate surface area is 131 Å². The number of carbonyl (C=O) groups excluding carboxylic acids is 4. The average molecular weight is 317 g/mol. The second-order valence-corrected chi connectivity index (χ2v) is 4.68. The van der Waals surface area contributed by atoms with Gasteiger partial charge in [0, 0.05) is 33.6 Å². The van der Waals surface area contributed by atoms with Crippen LogP contribution < -0.4 is 0 Å². The topological polar surface area (TPSA) is 90.0 Å². The van der Waals surface area contributed by atoms with E-state index in [0.717, 1.165) is 43.5 Å². The van der Waals surface area contributed by atoms with Gasteiger partial charge in [-0.3, -0.25) is 9.63 Å². The van der Waals surface area contributed by atoms with E-state index in [2.05, 4.69) is 9.57 Å². The lowest BCUT2D eigenvalue weighted by Crippen LogP contribution is -2.32. The normalized spacial score (nSPS) is 14.0. The quantitative estimate of drug-likeness (QED) is 0.398. The molecule has 128 valence electrons. The van der Waals surface area contributed by atoms with Crippen molar-refractivity contribution < 1.29 is 28.8 Å². The fourth-order valence-corrected chi connectivity index (χ4v) is 1.29. The number of hydrogen-bond donors (Lipinski definition) is 0. The molecular weight excluding hydrogens is 290 g/mol. The van der Waals surface area contributed by atoms with Gasteiger partial charge in [-0.25, -0.2) is 5.06 Å². The Morgan fingerprint density at radius 3 is 1.86 bits per heavy atom. The summed E-state index contributed by atoms with van der Waals surface area (Å²) >= 11 is 0. The van der Waals surface area contributed by atoms with Gasteiger partial charge in [0.25, 0.3) is 0 Å². The van der Waals surface area contributed by atoms with E-state index in [1.165, 1.54) is 14.2 Å². The largest absolute Gasteiger partial charge is 0.385 e. The van der Waals surface area contributed by atoms with Crippen LogP contribution in [-0.2, 0) is 28.8 Å². The molecule has 0 aromatic heterocycles. The number of hydrogen-bond acceptors (Lipinski definition) is 6. The predicted octanol–water partition coefficient (Wildman–Crippen LogP) is 1.19. The maximum atomic E-state index is 10.8. The number of nitrogens with zero attached hydrogens (tertiary/aromatic N) is 1. The van der Waals surface area contributed by atoms with Crippen molar-refractivity contribution in [2.45, 2.75) is 39.0 Å². The molecule has 0 bridgehead atoms. The van der Waals surface area contributed by atoms with Crippen molar-refractivity contribution in [3.63, 3.8) is 0 Å². The highest BCUT2D eigenvalue weighted by Gasteiger charge is 2.36. The first-order chi connectivity index (χ1) is 10.5. The molecule has 0 aromatic carbocycles. The van der Waals surface area contributed by atoms with Gasteiger partial charge < -0.3 is 19.1 Å². The van der Waals surface area contributed by atoms with E-state index in [0.29, 0.717) is 6.29 Å². The van der Waals surface area contributed by atoms with Crippen molar-refractivity contribution in [3.05, 3.63) is 0 Å². The minimum atomic E-state index is -0.556. The highest BCUT2D eigenvalue weighted by Crippen LogP contribution is 2.36. The molecule has 0 radical (unpaired) electrons. The minimum Gasteiger partial charge on any atom is -0.385 e. The van der Waals surface area contributed by atoms with Gasteiger partial charge in [0.2, 0.25) is 5.91 Å². The second-order valence-electron chi connectivity index (χ2n) is 4.68. The van der Waals surface area contributed by atoms with Crippen LogP contribution in [-0.4, -0.2) is 57.7 Å². The van der Waals surface area contributed by atoms with Crippen molar-refractivity contribution in [3.8, 4) is 0 Å². The summed E-state index contributed by atoms with van der Waals surface area (Å²) in [6.45, 7) is 2.78. The van der Waals surface area contributed by atoms with E-state index >= 15 is 0 Å². The van der Waals surface area contributed by atoms with Crippen LogP contribution in [0.4, 0.5) is 0 Å². The number of rotatable bonds is 7. The maximum absolute atomic E-state index is 10.8. The smallest absolute Gasteiger partial charge is 0.246 e. The monoisotopic (exact) mass is 317 g/mol. The lowest BCUT2D eigenvalue weighted by molar-refractivity contribution is -0.168. The van der Waals surface area contributed by atoms with Crippen LogP contribution in [0.3, 0.4) is 0 Å². The number of ether oxygens (including phenoxy) is 1. The van der Waals surface area contributed by atoms with Crippen molar-refractivity contribution in [1.29, 1.82) is 0 Å². The molecule has 22 heavy (non-hydrogen) atoms. The zero-order chi connectivity index (χ0) is 17.4. The molecule has 1 fully saturated rings. The van der Waals surface area contributed by atoms with Crippen molar-refractivity contribution >= 4 is 24.8 Å². The van der Waals surface area contributed by atoms with E-state index in [-0.39, 0.29) is 18.7 Å². The molecule has 0 unspecified atom stereocenters. The molecule has 1 saturated carbocycles. The van der Waals surface area contributed by atoms with Crippen LogP contribution in [0.5, 0.6) is 0 Å². The van der Waals surface area contributed by atoms with Gasteiger partial charge in [-0.15, -0.1) is 0 Å². The fraction of sp³-hybridized carbons (Fsp3) is 0.733. The Hall–Kier alpha value is -1.60. The number of carbonyl (C=O) groups is 4. The SMILES string of the molecule is CCOC.CON(C)C(=O)CCC=O.O=CC1(C=O)CCC1. The van der Waals surface area contributed by atoms with Crippen LogP contribution in [0, 0.1) is 5.41 Å². The Bertz CT molecular complexity index is 316. The van der Waals surface area contributed by atoms with Gasteiger partial charge in [0.05, 0.1) is 12.5 Å². The summed E-state index contributed by atoms with van der Waals surface area (Å²) < 4.78 is 4.54. The minimum absolute atomic E-state index is 0.186. The van der Waals surface area contributed by atoms with Gasteiger partial charge in [0.15, 0.2) is 0 Å². The average Bonchev–Trinajstić information content (AvgIpc) is 2.52. The molecule has 0 aliphatic heterocycles. The number of hydroxylamine groups is 2. The zero-order valence-corrected chi connectivity index (χ0v) is 13.9. The third-order valence-corrected chi connectivity index (χ3v) is 3.14. The van der Waals surface area contributed by atoms with Gasteiger partial charge in [-0.1, -0.05) is 6.42 Å². The molecule has 7 heteroatoms. The van der Waals surface area contributed by atoms with Crippen LogP contribution in [0.25, 0.3) is 0 Å². The third-order valence-electron chi connectivity index (χ3n) is 3.14. The van der Waals surface area contributed by atoms with Crippen LogP contribution in [0.1, 0.15) is 39.0 Å². The zero-order valence-electron chi connectivity index (χ0n) is 13.9. The Kier molecular flexibility index (Phi) is 14.8. The van der Waals surface area contributed by atoms with Gasteiger partial charge in [-0.05, 0) is 19.8 Å². The van der Waals surface area contributed by atoms with E-state index in [1.54, 1.807) is 7.11 Å². The standard InChI is InChI=1S/C6H11NO3.C6H8O2.C3H8O/c1-7(10-2)6(9)4-3-5-8;7-4-6(5-8)2-1-3-6;1-3-4-2/h5H,3-4H2,1-2H3;4-5H,1-3H2;3H2,1-2H3. The molecule has 0 heterocycles. The van der Waals surface area contributed by atoms with Crippen LogP contribution >= 0.6 is 0 Å². The molecule has 0 aromatic rings. The summed E-state index contributed by atoms with van der Waals surface area (Å²) in [5.74, 6) is -0.186. The molecule has 7 nitrogen and oxygen atoms in total. The highest BCUT2D eigenvalue weighted by molar-refractivity contribution is 5.84. The first-order valence-electron chi connectivity index (χ1n) is 7.12. The molecule has 0 N–H and O–H groups in total. The molecular formula is C15H27NO6. The van der Waals surface area contributed by atoms with Crippen LogP contribution in [0.15, 0.2) is 0 Å². The van der Waals surface area contributed by atoms with Crippen molar-refractivity contribution in [2.24, 2.45) is 5.41 Å². The number of amides is 1. The summed E-state index contributed by atoms with van der Waals surface area (Å²) in [5, 5.41) is 1.10. The Balaban J connectivity index is 0. The van der Waals surface area contributed by atoms with E-state index in [4.69, 9.17) is 0 Å². The van der Waals surface area contributed by atoms with Crippen molar-refractivity contribution in [1.82, 2.24) is 5.06 Å². The molecule has 1 aliphatic rings. The molecule has 0 saturated heterocycles. The van der Waals surface area contributed by atoms with Crippen molar-refractivity contribution in [2.75, 3.05) is 27.9 Å². The summed E-state index contributed by atoms with van der Waals surface area (Å²) in [6, 6.07) is 0. The summed E-state index contributed by atoms with van der Waals surface area (Å²) in [4.78, 5) is 45.4. The molecule has 1 amide bonds. The van der Waals surface area contributed by atoms with Crippen LogP contribution in [0.2, 0.25) is 0 Å². The highest BCUT2D eigenvalue weighted by atomic mass is 16.7. The van der Waals surface area contributed by atoms with Gasteiger partial charge in [-0.2, -0.15) is 0 Å². The lowest BCUT2D eigenvalue weighted by Gasteiger charge is -2.29. The number of aldehydes is 3. The van der Waals surface area contributed by atoms with E-state index in [1.807, 2.05) is 6.92 Å². The Morgan fingerprint density at radius 2 is 1.68 bits per heavy atom. The molecule has 1 aliphatic carbocycles. The first kappa shape index (κ1) is 22.7. The maximum Gasteiger partial charge on any atom is 0.246 e. The summed E-state index contributed by atoms with van der Waals surface area (Å²) in [5.41, 5.74) is -0.556. The second kappa shape index (κ2) is 14.3.